The third-order valence-electron chi connectivity index (χ3n) is 3.36. The Labute approximate surface area is 125 Å². The number of ketones is 2. The van der Waals surface area contributed by atoms with Gasteiger partial charge in [0, 0.05) is 34.3 Å². The lowest BCUT2D eigenvalue weighted by Gasteiger charge is -2.20. The van der Waals surface area contributed by atoms with E-state index in [9.17, 15) is 9.59 Å². The smallest absolute Gasteiger partial charge is 0.196 e. The molecular formula is C16H12BrNO2. The van der Waals surface area contributed by atoms with Crippen LogP contribution < -0.4 is 5.32 Å². The van der Waals surface area contributed by atoms with Crippen LogP contribution >= 0.6 is 15.9 Å². The molecule has 3 rings (SSSR count). The second-order valence-corrected chi connectivity index (χ2v) is 5.34. The molecule has 0 heterocycles. The van der Waals surface area contributed by atoms with Crippen molar-refractivity contribution in [3.63, 3.8) is 0 Å². The van der Waals surface area contributed by atoms with E-state index in [0.717, 1.165) is 11.0 Å². The predicted octanol–water partition coefficient (Wildman–Crippen LogP) is 3.27. The first-order valence-electron chi connectivity index (χ1n) is 6.35. The van der Waals surface area contributed by atoms with Gasteiger partial charge in [0.2, 0.25) is 0 Å². The maximum absolute atomic E-state index is 12.6. The van der Waals surface area contributed by atoms with E-state index in [-0.39, 0.29) is 11.6 Å². The number of hydrogen-bond donors (Lipinski definition) is 1. The Bertz CT molecular complexity index is 709. The molecule has 0 atom stereocenters. The monoisotopic (exact) mass is 329 g/mol. The minimum Gasteiger partial charge on any atom is -0.384 e. The van der Waals surface area contributed by atoms with Crippen molar-refractivity contribution in [3.8, 4) is 0 Å². The molecule has 0 aliphatic heterocycles. The molecule has 1 aliphatic carbocycles. The highest BCUT2D eigenvalue weighted by atomic mass is 79.9. The van der Waals surface area contributed by atoms with E-state index >= 15 is 0 Å². The molecule has 0 bridgehead atoms. The fourth-order valence-corrected chi connectivity index (χ4v) is 2.67. The molecule has 0 unspecified atom stereocenters. The van der Waals surface area contributed by atoms with Gasteiger partial charge in [-0.15, -0.1) is 0 Å². The van der Waals surface area contributed by atoms with Gasteiger partial charge in [-0.2, -0.15) is 0 Å². The zero-order valence-electron chi connectivity index (χ0n) is 10.7. The van der Waals surface area contributed by atoms with Gasteiger partial charge in [0.15, 0.2) is 11.6 Å². The average Bonchev–Trinajstić information content (AvgIpc) is 2.50. The number of alkyl halides is 1. The lowest BCUT2D eigenvalue weighted by atomic mass is 9.83. The van der Waals surface area contributed by atoms with Crippen LogP contribution in [-0.2, 0) is 0 Å². The number of hydrogen-bond acceptors (Lipinski definition) is 3. The summed E-state index contributed by atoms with van der Waals surface area (Å²) in [4.78, 5) is 25.1. The van der Waals surface area contributed by atoms with Crippen LogP contribution in [0.2, 0.25) is 0 Å². The molecule has 0 aromatic heterocycles. The van der Waals surface area contributed by atoms with Crippen molar-refractivity contribution in [2.24, 2.45) is 0 Å². The Morgan fingerprint density at radius 2 is 1.50 bits per heavy atom. The summed E-state index contributed by atoms with van der Waals surface area (Å²) >= 11 is 3.34. The first kappa shape index (κ1) is 13.1. The van der Waals surface area contributed by atoms with Gasteiger partial charge < -0.3 is 5.32 Å². The van der Waals surface area contributed by atoms with Crippen molar-refractivity contribution in [2.75, 3.05) is 17.2 Å². The maximum atomic E-state index is 12.6. The molecule has 20 heavy (non-hydrogen) atoms. The molecule has 0 radical (unpaired) electrons. The molecule has 0 fully saturated rings. The molecular weight excluding hydrogens is 318 g/mol. The van der Waals surface area contributed by atoms with Crippen molar-refractivity contribution in [2.45, 2.75) is 0 Å². The molecule has 2 aromatic rings. The van der Waals surface area contributed by atoms with Crippen molar-refractivity contribution in [1.29, 1.82) is 0 Å². The molecule has 0 saturated carbocycles. The number of carbonyl (C=O) groups is 2. The molecule has 3 nitrogen and oxygen atoms in total. The van der Waals surface area contributed by atoms with Gasteiger partial charge in [0.1, 0.15) is 0 Å². The van der Waals surface area contributed by atoms with Crippen molar-refractivity contribution >= 4 is 33.2 Å². The number of nitrogens with one attached hydrogen (secondary N) is 1. The maximum Gasteiger partial charge on any atom is 0.196 e. The summed E-state index contributed by atoms with van der Waals surface area (Å²) in [6.07, 6.45) is 0. The molecule has 0 saturated heterocycles. The molecule has 1 N–H and O–H groups in total. The van der Waals surface area contributed by atoms with Crippen molar-refractivity contribution in [1.82, 2.24) is 0 Å². The van der Waals surface area contributed by atoms with Gasteiger partial charge in [-0.1, -0.05) is 52.3 Å². The number of halogens is 1. The van der Waals surface area contributed by atoms with E-state index in [2.05, 4.69) is 21.2 Å². The Hall–Kier alpha value is -1.94. The van der Waals surface area contributed by atoms with Crippen molar-refractivity contribution in [3.05, 3.63) is 64.7 Å². The summed E-state index contributed by atoms with van der Waals surface area (Å²) < 4.78 is 0. The number of benzene rings is 2. The van der Waals surface area contributed by atoms with E-state index < -0.39 is 0 Å². The van der Waals surface area contributed by atoms with Crippen molar-refractivity contribution < 1.29 is 9.59 Å². The lowest BCUT2D eigenvalue weighted by molar-refractivity contribution is 0.0979. The van der Waals surface area contributed by atoms with Crippen LogP contribution in [0, 0.1) is 0 Å². The predicted molar refractivity (Wildman–Crippen MR) is 82.0 cm³/mol. The Morgan fingerprint density at radius 1 is 0.850 bits per heavy atom. The minimum atomic E-state index is -0.0899. The third-order valence-corrected chi connectivity index (χ3v) is 3.76. The minimum absolute atomic E-state index is 0.0855. The first-order valence-corrected chi connectivity index (χ1v) is 7.47. The van der Waals surface area contributed by atoms with Crippen LogP contribution in [0.25, 0.3) is 0 Å². The van der Waals surface area contributed by atoms with Gasteiger partial charge in [-0.05, 0) is 6.07 Å². The summed E-state index contributed by atoms with van der Waals surface area (Å²) in [5.74, 6) is -0.175. The second-order valence-electron chi connectivity index (χ2n) is 4.55. The molecule has 100 valence electrons. The van der Waals surface area contributed by atoms with Gasteiger partial charge in [-0.25, -0.2) is 0 Å². The second kappa shape index (κ2) is 5.21. The van der Waals surface area contributed by atoms with E-state index in [1.54, 1.807) is 36.4 Å². The van der Waals surface area contributed by atoms with Gasteiger partial charge in [0.05, 0.1) is 5.56 Å². The highest BCUT2D eigenvalue weighted by Crippen LogP contribution is 2.31. The van der Waals surface area contributed by atoms with Crippen LogP contribution in [-0.4, -0.2) is 23.4 Å². The number of rotatable bonds is 3. The Kier molecular flexibility index (Phi) is 3.40. The van der Waals surface area contributed by atoms with Gasteiger partial charge >= 0.3 is 0 Å². The molecule has 2 aromatic carbocycles. The molecule has 4 heteroatoms. The summed E-state index contributed by atoms with van der Waals surface area (Å²) in [6.45, 7) is 0.694. The van der Waals surface area contributed by atoms with E-state index in [0.29, 0.717) is 28.8 Å². The first-order chi connectivity index (χ1) is 9.74. The highest BCUT2D eigenvalue weighted by Gasteiger charge is 2.30. The summed E-state index contributed by atoms with van der Waals surface area (Å²) in [6, 6.07) is 12.3. The van der Waals surface area contributed by atoms with Gasteiger partial charge in [0.25, 0.3) is 0 Å². The highest BCUT2D eigenvalue weighted by molar-refractivity contribution is 9.09. The van der Waals surface area contributed by atoms with E-state index in [1.807, 2.05) is 6.07 Å². The fraction of sp³-hybridized carbons (Fsp3) is 0.125. The lowest BCUT2D eigenvalue weighted by Crippen LogP contribution is -2.22. The topological polar surface area (TPSA) is 46.2 Å². The number of fused-ring (bicyclic) bond motifs is 2. The standard InChI is InChI=1S/C16H12BrNO2/c17-8-9-18-13-7-3-6-12-14(13)16(20)11-5-2-1-4-10(11)15(12)19/h1-7,18H,8-9H2. The summed E-state index contributed by atoms with van der Waals surface area (Å²) in [5, 5.41) is 3.96. The molecule has 1 aliphatic rings. The van der Waals surface area contributed by atoms with Crippen LogP contribution in [0.15, 0.2) is 42.5 Å². The SMILES string of the molecule is O=C1c2ccccc2C(=O)c2c(NCCBr)cccc21. The molecule has 0 amide bonds. The quantitative estimate of drug-likeness (QED) is 0.750. The zero-order chi connectivity index (χ0) is 14.1. The number of carbonyl (C=O) groups excluding carboxylic acids is 2. The van der Waals surface area contributed by atoms with E-state index in [1.165, 1.54) is 0 Å². The summed E-state index contributed by atoms with van der Waals surface area (Å²) in [5.41, 5.74) is 2.65. The Balaban J connectivity index is 2.18. The Morgan fingerprint density at radius 3 is 2.20 bits per heavy atom. The van der Waals surface area contributed by atoms with E-state index in [4.69, 9.17) is 0 Å². The average molecular weight is 330 g/mol. The normalized spacial score (nSPS) is 12.8. The third kappa shape index (κ3) is 1.96. The van der Waals surface area contributed by atoms with Gasteiger partial charge in [-0.3, -0.25) is 9.59 Å². The summed E-state index contributed by atoms with van der Waals surface area (Å²) in [7, 11) is 0. The number of anilines is 1. The largest absolute Gasteiger partial charge is 0.384 e. The van der Waals surface area contributed by atoms with Crippen LogP contribution in [0.4, 0.5) is 5.69 Å². The zero-order valence-corrected chi connectivity index (χ0v) is 12.2. The molecule has 0 spiro atoms. The van der Waals surface area contributed by atoms with Crippen LogP contribution in [0.5, 0.6) is 0 Å². The fourth-order valence-electron chi connectivity index (χ4n) is 2.47. The van der Waals surface area contributed by atoms with Crippen LogP contribution in [0.3, 0.4) is 0 Å². The van der Waals surface area contributed by atoms with Crippen LogP contribution in [0.1, 0.15) is 31.8 Å².